The van der Waals surface area contributed by atoms with Crippen molar-refractivity contribution >= 4 is 16.9 Å². The van der Waals surface area contributed by atoms with Crippen molar-refractivity contribution in [3.63, 3.8) is 0 Å². The van der Waals surface area contributed by atoms with Crippen LogP contribution in [0.1, 0.15) is 0 Å². The number of rotatable bonds is 4. The molecule has 1 heterocycles. The molecule has 0 fully saturated rings. The molecule has 1 amide bonds. The average molecular weight is 317 g/mol. The standard InChI is InChI=1S/C13H14F3N3O3/c1-18(6-10(20)13(14,15)16)11(21)7-19-9-5-3-2-4-8(9)17-12(19)22/h2-5,10,20H,6-7H2,1H3,(H,17,22). The summed E-state index contributed by atoms with van der Waals surface area (Å²) in [5.74, 6) is -0.713. The SMILES string of the molecule is CN(CC(O)C(F)(F)F)C(=O)Cn1c(=O)[nH]c2ccccc21. The Morgan fingerprint density at radius 1 is 1.41 bits per heavy atom. The first-order chi connectivity index (χ1) is 10.2. The summed E-state index contributed by atoms with van der Waals surface area (Å²) in [7, 11) is 1.14. The summed E-state index contributed by atoms with van der Waals surface area (Å²) in [4.78, 5) is 27.0. The second-order valence-corrected chi connectivity index (χ2v) is 4.87. The Labute approximate surface area is 122 Å². The van der Waals surface area contributed by atoms with Gasteiger partial charge in [-0.3, -0.25) is 9.36 Å². The molecule has 2 aromatic rings. The number of H-pyrrole nitrogens is 1. The molecule has 0 aliphatic rings. The smallest absolute Gasteiger partial charge is 0.382 e. The van der Waals surface area contributed by atoms with Gasteiger partial charge < -0.3 is 15.0 Å². The molecule has 1 unspecified atom stereocenters. The van der Waals surface area contributed by atoms with Gasteiger partial charge in [0.2, 0.25) is 5.91 Å². The lowest BCUT2D eigenvalue weighted by Crippen LogP contribution is -2.43. The van der Waals surface area contributed by atoms with E-state index in [4.69, 9.17) is 5.11 Å². The zero-order chi connectivity index (χ0) is 16.5. The summed E-state index contributed by atoms with van der Waals surface area (Å²) in [6, 6.07) is 6.64. The number of aliphatic hydroxyl groups excluding tert-OH is 1. The van der Waals surface area contributed by atoms with Crippen molar-refractivity contribution in [1.82, 2.24) is 14.5 Å². The van der Waals surface area contributed by atoms with Gasteiger partial charge in [-0.2, -0.15) is 13.2 Å². The van der Waals surface area contributed by atoms with Crippen molar-refractivity contribution in [1.29, 1.82) is 0 Å². The molecule has 0 saturated carbocycles. The topological polar surface area (TPSA) is 78.3 Å². The van der Waals surface area contributed by atoms with Crippen LogP contribution < -0.4 is 5.69 Å². The lowest BCUT2D eigenvalue weighted by molar-refractivity contribution is -0.207. The minimum absolute atomic E-state index is 0.413. The number of aromatic amines is 1. The third kappa shape index (κ3) is 3.30. The van der Waals surface area contributed by atoms with Crippen LogP contribution >= 0.6 is 0 Å². The van der Waals surface area contributed by atoms with Crippen LogP contribution in [0.4, 0.5) is 13.2 Å². The van der Waals surface area contributed by atoms with Gasteiger partial charge in [0.1, 0.15) is 6.54 Å². The van der Waals surface area contributed by atoms with E-state index in [0.29, 0.717) is 11.0 Å². The molecule has 1 aromatic heterocycles. The largest absolute Gasteiger partial charge is 0.416 e. The third-order valence-electron chi connectivity index (χ3n) is 3.23. The number of benzene rings is 1. The molecule has 0 saturated heterocycles. The maximum absolute atomic E-state index is 12.3. The summed E-state index contributed by atoms with van der Waals surface area (Å²) in [6.07, 6.45) is -7.42. The second-order valence-electron chi connectivity index (χ2n) is 4.87. The first-order valence-corrected chi connectivity index (χ1v) is 6.36. The Hall–Kier alpha value is -2.29. The molecule has 0 radical (unpaired) electrons. The van der Waals surface area contributed by atoms with Crippen LogP contribution in [-0.4, -0.2) is 51.3 Å². The highest BCUT2D eigenvalue weighted by Gasteiger charge is 2.39. The van der Waals surface area contributed by atoms with E-state index in [0.717, 1.165) is 16.5 Å². The zero-order valence-electron chi connectivity index (χ0n) is 11.6. The first kappa shape index (κ1) is 16.1. The number of aromatic nitrogens is 2. The van der Waals surface area contributed by atoms with E-state index in [1.807, 2.05) is 0 Å². The highest BCUT2D eigenvalue weighted by atomic mass is 19.4. The van der Waals surface area contributed by atoms with Crippen LogP contribution in [0.3, 0.4) is 0 Å². The fourth-order valence-electron chi connectivity index (χ4n) is 1.98. The minimum atomic E-state index is -4.80. The Morgan fingerprint density at radius 2 is 2.05 bits per heavy atom. The molecule has 0 spiro atoms. The van der Waals surface area contributed by atoms with E-state index in [1.54, 1.807) is 24.3 Å². The molecular formula is C13H14F3N3O3. The van der Waals surface area contributed by atoms with Gasteiger partial charge >= 0.3 is 11.9 Å². The summed E-state index contributed by atoms with van der Waals surface area (Å²) >= 11 is 0. The second kappa shape index (κ2) is 5.84. The molecule has 0 bridgehead atoms. The van der Waals surface area contributed by atoms with Crippen molar-refractivity contribution in [2.45, 2.75) is 18.8 Å². The van der Waals surface area contributed by atoms with E-state index in [-0.39, 0.29) is 0 Å². The predicted molar refractivity (Wildman–Crippen MR) is 72.3 cm³/mol. The molecule has 0 aliphatic carbocycles. The number of alkyl halides is 3. The molecule has 6 nitrogen and oxygen atoms in total. The van der Waals surface area contributed by atoms with Gasteiger partial charge in [-0.05, 0) is 12.1 Å². The number of hydrogen-bond acceptors (Lipinski definition) is 3. The number of halogens is 3. The predicted octanol–water partition coefficient (Wildman–Crippen LogP) is 0.711. The van der Waals surface area contributed by atoms with Gasteiger partial charge in [-0.1, -0.05) is 12.1 Å². The van der Waals surface area contributed by atoms with Gasteiger partial charge in [0, 0.05) is 7.05 Å². The van der Waals surface area contributed by atoms with Gasteiger partial charge in [0.05, 0.1) is 17.6 Å². The summed E-state index contributed by atoms with van der Waals surface area (Å²) in [5, 5.41) is 8.96. The van der Waals surface area contributed by atoms with Crippen molar-refractivity contribution < 1.29 is 23.1 Å². The van der Waals surface area contributed by atoms with Crippen molar-refractivity contribution in [3.8, 4) is 0 Å². The van der Waals surface area contributed by atoms with Crippen LogP contribution in [0, 0.1) is 0 Å². The first-order valence-electron chi connectivity index (χ1n) is 6.36. The van der Waals surface area contributed by atoms with Gasteiger partial charge in [-0.15, -0.1) is 0 Å². The number of hydrogen-bond donors (Lipinski definition) is 2. The van der Waals surface area contributed by atoms with E-state index < -0.39 is 37.0 Å². The fourth-order valence-corrected chi connectivity index (χ4v) is 1.98. The number of aliphatic hydroxyl groups is 1. The van der Waals surface area contributed by atoms with Gasteiger partial charge in [-0.25, -0.2) is 4.79 Å². The number of para-hydroxylation sites is 2. The number of nitrogens with zero attached hydrogens (tertiary/aromatic N) is 2. The van der Waals surface area contributed by atoms with Crippen LogP contribution in [0.25, 0.3) is 11.0 Å². The molecular weight excluding hydrogens is 303 g/mol. The van der Waals surface area contributed by atoms with Crippen LogP contribution in [0.15, 0.2) is 29.1 Å². The van der Waals surface area contributed by atoms with E-state index in [1.165, 1.54) is 0 Å². The monoisotopic (exact) mass is 317 g/mol. The minimum Gasteiger partial charge on any atom is -0.382 e. The molecule has 0 aliphatic heterocycles. The third-order valence-corrected chi connectivity index (χ3v) is 3.23. The van der Waals surface area contributed by atoms with E-state index in [9.17, 15) is 22.8 Å². The lowest BCUT2D eigenvalue weighted by Gasteiger charge is -2.22. The van der Waals surface area contributed by atoms with Crippen molar-refractivity contribution in [3.05, 3.63) is 34.7 Å². The lowest BCUT2D eigenvalue weighted by atomic mass is 10.3. The Morgan fingerprint density at radius 3 is 2.68 bits per heavy atom. The van der Waals surface area contributed by atoms with E-state index >= 15 is 0 Å². The number of nitrogens with one attached hydrogen (secondary N) is 1. The molecule has 2 rings (SSSR count). The molecule has 120 valence electrons. The van der Waals surface area contributed by atoms with Crippen LogP contribution in [0.5, 0.6) is 0 Å². The molecule has 22 heavy (non-hydrogen) atoms. The zero-order valence-corrected chi connectivity index (χ0v) is 11.6. The van der Waals surface area contributed by atoms with Crippen molar-refractivity contribution in [2.24, 2.45) is 0 Å². The number of imidazole rings is 1. The number of carbonyl (C=O) groups excluding carboxylic acids is 1. The van der Waals surface area contributed by atoms with E-state index in [2.05, 4.69) is 4.98 Å². The molecule has 1 atom stereocenters. The van der Waals surface area contributed by atoms with Gasteiger partial charge in [0.15, 0.2) is 6.10 Å². The summed E-state index contributed by atoms with van der Waals surface area (Å²) in [5.41, 5.74) is 0.475. The maximum Gasteiger partial charge on any atom is 0.416 e. The van der Waals surface area contributed by atoms with Crippen LogP contribution in [0.2, 0.25) is 0 Å². The normalized spacial score (nSPS) is 13.3. The number of likely N-dealkylation sites (N-methyl/N-ethyl adjacent to an activating group) is 1. The number of amides is 1. The highest BCUT2D eigenvalue weighted by Crippen LogP contribution is 2.20. The molecule has 1 aromatic carbocycles. The molecule has 9 heteroatoms. The summed E-state index contributed by atoms with van der Waals surface area (Å²) in [6.45, 7) is -1.30. The van der Waals surface area contributed by atoms with Crippen molar-refractivity contribution in [2.75, 3.05) is 13.6 Å². The Bertz CT molecular complexity index is 735. The number of carbonyl (C=O) groups is 1. The average Bonchev–Trinajstić information content (AvgIpc) is 2.74. The molecule has 2 N–H and O–H groups in total. The Kier molecular flexibility index (Phi) is 4.27. The van der Waals surface area contributed by atoms with Crippen LogP contribution in [-0.2, 0) is 11.3 Å². The maximum atomic E-state index is 12.3. The summed E-state index contributed by atoms with van der Waals surface area (Å²) < 4.78 is 38.0. The highest BCUT2D eigenvalue weighted by molar-refractivity contribution is 5.80. The Balaban J connectivity index is 2.14. The number of fused-ring (bicyclic) bond motifs is 1. The quantitative estimate of drug-likeness (QED) is 0.872. The fraction of sp³-hybridized carbons (Fsp3) is 0.385. The van der Waals surface area contributed by atoms with Gasteiger partial charge in [0.25, 0.3) is 0 Å².